The predicted molar refractivity (Wildman–Crippen MR) is 119 cm³/mol. The largest absolute Gasteiger partial charge is 0.354 e. The zero-order valence-corrected chi connectivity index (χ0v) is 18.4. The Labute approximate surface area is 183 Å². The van der Waals surface area contributed by atoms with Crippen LogP contribution in [0.3, 0.4) is 0 Å². The summed E-state index contributed by atoms with van der Waals surface area (Å²) in [6, 6.07) is 12.9. The maximum Gasteiger partial charge on any atom is 0.242 e. The maximum atomic E-state index is 13.3. The van der Waals surface area contributed by atoms with Crippen LogP contribution in [0.4, 0.5) is 4.39 Å². The topological polar surface area (TPSA) is 49.4 Å². The van der Waals surface area contributed by atoms with Crippen LogP contribution in [0.15, 0.2) is 48.5 Å². The van der Waals surface area contributed by atoms with Gasteiger partial charge in [-0.1, -0.05) is 62.2 Å². The fourth-order valence-electron chi connectivity index (χ4n) is 3.30. The Bertz CT molecular complexity index is 826. The van der Waals surface area contributed by atoms with Gasteiger partial charge in [0.15, 0.2) is 0 Å². The van der Waals surface area contributed by atoms with Crippen LogP contribution in [-0.4, -0.2) is 29.3 Å². The minimum Gasteiger partial charge on any atom is -0.354 e. The van der Waals surface area contributed by atoms with Gasteiger partial charge in [0, 0.05) is 24.5 Å². The summed E-state index contributed by atoms with van der Waals surface area (Å²) in [4.78, 5) is 27.5. The van der Waals surface area contributed by atoms with Crippen molar-refractivity contribution in [3.63, 3.8) is 0 Å². The van der Waals surface area contributed by atoms with Gasteiger partial charge in [0.25, 0.3) is 0 Å². The Kier molecular flexibility index (Phi) is 9.81. The number of nitrogens with zero attached hydrogens (tertiary/aromatic N) is 1. The van der Waals surface area contributed by atoms with Gasteiger partial charge in [-0.3, -0.25) is 9.59 Å². The minimum absolute atomic E-state index is 0.128. The van der Waals surface area contributed by atoms with Gasteiger partial charge in [-0.25, -0.2) is 4.39 Å². The molecule has 2 rings (SSSR count). The molecule has 4 nitrogen and oxygen atoms in total. The number of rotatable bonds is 11. The lowest BCUT2D eigenvalue weighted by Crippen LogP contribution is -2.49. The van der Waals surface area contributed by atoms with E-state index in [1.165, 1.54) is 12.1 Å². The third kappa shape index (κ3) is 7.13. The van der Waals surface area contributed by atoms with Crippen LogP contribution in [0.5, 0.6) is 0 Å². The first kappa shape index (κ1) is 23.9. The number of hydrogen-bond donors (Lipinski definition) is 1. The number of amides is 2. The third-order valence-electron chi connectivity index (χ3n) is 5.05. The second-order valence-electron chi connectivity index (χ2n) is 7.31. The summed E-state index contributed by atoms with van der Waals surface area (Å²) in [6.45, 7) is 4.79. The van der Waals surface area contributed by atoms with Crippen molar-refractivity contribution in [3.8, 4) is 0 Å². The summed E-state index contributed by atoms with van der Waals surface area (Å²) in [5, 5.41) is 3.56. The molecule has 0 radical (unpaired) electrons. The monoisotopic (exact) mass is 432 g/mol. The van der Waals surface area contributed by atoms with Crippen molar-refractivity contribution in [2.45, 2.75) is 58.5 Å². The molecule has 30 heavy (non-hydrogen) atoms. The van der Waals surface area contributed by atoms with E-state index in [0.717, 1.165) is 24.0 Å². The van der Waals surface area contributed by atoms with Crippen LogP contribution in [0.25, 0.3) is 0 Å². The fraction of sp³-hybridized carbons (Fsp3) is 0.417. The average Bonchev–Trinajstić information content (AvgIpc) is 2.74. The lowest BCUT2D eigenvalue weighted by molar-refractivity contribution is -0.141. The number of halogens is 2. The third-order valence-corrected chi connectivity index (χ3v) is 5.42. The molecule has 0 saturated carbocycles. The van der Waals surface area contributed by atoms with Gasteiger partial charge in [-0.2, -0.15) is 0 Å². The van der Waals surface area contributed by atoms with Crippen LogP contribution in [0.2, 0.25) is 5.02 Å². The van der Waals surface area contributed by atoms with E-state index in [4.69, 9.17) is 11.6 Å². The van der Waals surface area contributed by atoms with Crippen LogP contribution >= 0.6 is 11.6 Å². The van der Waals surface area contributed by atoms with Crippen molar-refractivity contribution in [1.82, 2.24) is 10.2 Å². The SMILES string of the molecule is CCCCNC(=O)[C@H](CC)N(Cc1ccc(F)cc1)C(=O)CCc1ccccc1Cl. The normalized spacial score (nSPS) is 11.7. The smallest absolute Gasteiger partial charge is 0.242 e. The van der Waals surface area contributed by atoms with Crippen LogP contribution in [0.1, 0.15) is 50.7 Å². The number of nitrogens with one attached hydrogen (secondary N) is 1. The zero-order chi connectivity index (χ0) is 21.9. The van der Waals surface area contributed by atoms with Gasteiger partial charge in [-0.05, 0) is 48.6 Å². The number of aryl methyl sites for hydroxylation is 1. The first-order chi connectivity index (χ1) is 14.5. The second-order valence-corrected chi connectivity index (χ2v) is 7.72. The molecule has 0 aromatic heterocycles. The molecule has 1 N–H and O–H groups in total. The van der Waals surface area contributed by atoms with E-state index in [0.29, 0.717) is 24.4 Å². The molecule has 1 atom stereocenters. The number of hydrogen-bond acceptors (Lipinski definition) is 2. The van der Waals surface area contributed by atoms with E-state index >= 15 is 0 Å². The Morgan fingerprint density at radius 3 is 2.43 bits per heavy atom. The summed E-state index contributed by atoms with van der Waals surface area (Å²) in [6.07, 6.45) is 3.10. The van der Waals surface area contributed by atoms with Crippen LogP contribution < -0.4 is 5.32 Å². The van der Waals surface area contributed by atoms with E-state index in [2.05, 4.69) is 12.2 Å². The molecule has 0 heterocycles. The zero-order valence-electron chi connectivity index (χ0n) is 17.7. The molecular weight excluding hydrogens is 403 g/mol. The lowest BCUT2D eigenvalue weighted by Gasteiger charge is -2.31. The van der Waals surface area contributed by atoms with Gasteiger partial charge >= 0.3 is 0 Å². The molecule has 0 spiro atoms. The van der Waals surface area contributed by atoms with Crippen molar-refractivity contribution >= 4 is 23.4 Å². The Balaban J connectivity index is 2.17. The summed E-state index contributed by atoms with van der Waals surface area (Å²) in [5.41, 5.74) is 1.68. The number of carbonyl (C=O) groups is 2. The molecule has 0 saturated heterocycles. The predicted octanol–water partition coefficient (Wildman–Crippen LogP) is 5.14. The highest BCUT2D eigenvalue weighted by atomic mass is 35.5. The maximum absolute atomic E-state index is 13.3. The average molecular weight is 433 g/mol. The highest BCUT2D eigenvalue weighted by Gasteiger charge is 2.28. The van der Waals surface area contributed by atoms with Gasteiger partial charge in [-0.15, -0.1) is 0 Å². The van der Waals surface area contributed by atoms with Gasteiger partial charge < -0.3 is 10.2 Å². The van der Waals surface area contributed by atoms with Crippen molar-refractivity contribution < 1.29 is 14.0 Å². The van der Waals surface area contributed by atoms with Crippen LogP contribution in [0, 0.1) is 5.82 Å². The summed E-state index contributed by atoms with van der Waals surface area (Å²) < 4.78 is 13.3. The Morgan fingerprint density at radius 2 is 1.80 bits per heavy atom. The lowest BCUT2D eigenvalue weighted by atomic mass is 10.1. The van der Waals surface area contributed by atoms with Crippen molar-refractivity contribution in [2.24, 2.45) is 0 Å². The molecule has 2 aromatic carbocycles. The summed E-state index contributed by atoms with van der Waals surface area (Å²) in [5.74, 6) is -0.615. The molecule has 2 aromatic rings. The summed E-state index contributed by atoms with van der Waals surface area (Å²) >= 11 is 6.22. The number of unbranched alkanes of at least 4 members (excludes halogenated alkanes) is 1. The second kappa shape index (κ2) is 12.3. The highest BCUT2D eigenvalue weighted by molar-refractivity contribution is 6.31. The first-order valence-corrected chi connectivity index (χ1v) is 10.9. The molecular formula is C24H30ClFN2O2. The molecule has 0 aliphatic carbocycles. The number of carbonyl (C=O) groups excluding carboxylic acids is 2. The van der Waals surface area contributed by atoms with E-state index in [1.807, 2.05) is 25.1 Å². The van der Waals surface area contributed by atoms with Gasteiger partial charge in [0.2, 0.25) is 11.8 Å². The molecule has 0 bridgehead atoms. The van der Waals surface area contributed by atoms with E-state index in [1.54, 1.807) is 23.1 Å². The van der Waals surface area contributed by atoms with E-state index in [9.17, 15) is 14.0 Å². The number of benzene rings is 2. The molecule has 0 aliphatic heterocycles. The molecule has 2 amide bonds. The molecule has 0 unspecified atom stereocenters. The molecule has 162 valence electrons. The molecule has 0 aliphatic rings. The first-order valence-electron chi connectivity index (χ1n) is 10.5. The fourth-order valence-corrected chi connectivity index (χ4v) is 3.53. The Morgan fingerprint density at radius 1 is 1.10 bits per heavy atom. The standard InChI is InChI=1S/C24H30ClFN2O2/c1-3-5-16-27-24(30)22(4-2)28(17-18-10-13-20(26)14-11-18)23(29)15-12-19-8-6-7-9-21(19)25/h6-11,13-14,22H,3-5,12,15-17H2,1-2H3,(H,27,30)/t22-/m0/s1. The van der Waals surface area contributed by atoms with Gasteiger partial charge in [0.05, 0.1) is 0 Å². The van der Waals surface area contributed by atoms with E-state index in [-0.39, 0.29) is 30.6 Å². The van der Waals surface area contributed by atoms with E-state index < -0.39 is 6.04 Å². The highest BCUT2D eigenvalue weighted by Crippen LogP contribution is 2.19. The van der Waals surface area contributed by atoms with Crippen molar-refractivity contribution in [1.29, 1.82) is 0 Å². The summed E-state index contributed by atoms with van der Waals surface area (Å²) in [7, 11) is 0. The molecule has 0 fully saturated rings. The molecule has 6 heteroatoms. The van der Waals surface area contributed by atoms with Crippen LogP contribution in [-0.2, 0) is 22.6 Å². The quantitative estimate of drug-likeness (QED) is 0.500. The van der Waals surface area contributed by atoms with Gasteiger partial charge in [0.1, 0.15) is 11.9 Å². The van der Waals surface area contributed by atoms with Crippen molar-refractivity contribution in [3.05, 3.63) is 70.5 Å². The Hall–Kier alpha value is -2.40. The minimum atomic E-state index is -0.578. The van der Waals surface area contributed by atoms with Crippen molar-refractivity contribution in [2.75, 3.05) is 6.54 Å².